The smallest absolute Gasteiger partial charge is 0.437 e. The van der Waals surface area contributed by atoms with Gasteiger partial charge in [-0.25, -0.2) is 9.36 Å². The fourth-order valence-electron chi connectivity index (χ4n) is 8.72. The van der Waals surface area contributed by atoms with Crippen LogP contribution in [0.15, 0.2) is 171 Å². The summed E-state index contributed by atoms with van der Waals surface area (Å²) in [6, 6.07) is 39.7. The molecule has 6 N–H and O–H groups in total. The number of hydrogen-bond donors (Lipinski definition) is 6. The van der Waals surface area contributed by atoms with E-state index in [2.05, 4.69) is 20.4 Å². The van der Waals surface area contributed by atoms with Gasteiger partial charge in [-0.15, -0.1) is 0 Å². The van der Waals surface area contributed by atoms with Crippen molar-refractivity contribution in [1.29, 1.82) is 0 Å². The number of hydrogen-bond acceptors (Lipinski definition) is 11. The summed E-state index contributed by atoms with van der Waals surface area (Å²) >= 11 is 0. The highest BCUT2D eigenvalue weighted by Gasteiger charge is 2.44. The van der Waals surface area contributed by atoms with Crippen LogP contribution in [0.25, 0.3) is 27.1 Å². The van der Waals surface area contributed by atoms with Gasteiger partial charge < -0.3 is 29.6 Å². The number of carboxylic acid groups (broad SMARTS) is 1. The van der Waals surface area contributed by atoms with Crippen LogP contribution in [0.5, 0.6) is 0 Å². The van der Waals surface area contributed by atoms with E-state index in [1.54, 1.807) is 97.1 Å². The lowest BCUT2D eigenvalue weighted by atomic mass is 9.85. The fourth-order valence-corrected chi connectivity index (χ4v) is 9.46. The molecule has 0 radical (unpaired) electrons. The molecule has 368 valence electrons. The molecule has 2 atom stereocenters. The lowest BCUT2D eigenvalue weighted by molar-refractivity contribution is 0.132. The summed E-state index contributed by atoms with van der Waals surface area (Å²) in [7, 11) is 2.22. The topological polar surface area (TPSA) is 228 Å². The molecule has 8 rings (SSSR count). The van der Waals surface area contributed by atoms with Crippen LogP contribution in [0.2, 0.25) is 0 Å². The minimum absolute atomic E-state index is 0.206. The lowest BCUT2D eigenvalue weighted by Gasteiger charge is -2.33. The number of benzene rings is 6. The third kappa shape index (κ3) is 9.94. The molecule has 0 saturated heterocycles. The Hall–Kier alpha value is -8.50. The standard InChI is InChI=1S/C54H53N8O9P/c1-7-61(42-27-29-45-47(32-42)51(65)57-55-49(45)63)40-21-13-35(14-22-40)44(34-11-19-38(20-12-34)59(3)4)10-9-31-54(71-72(69,70)53(67)68,36-15-23-39(24-16-36)60(5)6)37-17-25-41(26-18-37)62(8-2)43-28-30-46-48(33-43)52(66)58-56-50(46)64/h9-33H,7-8H2,1-6H3,(H,55,63)(H,56,64)(H,57,65)(H,58,66)(H,67,68)(H,69,70)/b31-9+,44-10+. The number of anilines is 6. The summed E-state index contributed by atoms with van der Waals surface area (Å²) in [4.78, 5) is 81.7. The number of aromatic amines is 4. The Balaban J connectivity index is 1.26. The monoisotopic (exact) mass is 988 g/mol. The first-order chi connectivity index (χ1) is 34.4. The number of fused-ring (bicyclic) bond motifs is 2. The predicted molar refractivity (Wildman–Crippen MR) is 286 cm³/mol. The van der Waals surface area contributed by atoms with E-state index in [1.165, 1.54) is 0 Å². The molecule has 0 saturated carbocycles. The van der Waals surface area contributed by atoms with Crippen molar-refractivity contribution in [3.8, 4) is 0 Å². The number of rotatable bonds is 17. The van der Waals surface area contributed by atoms with Gasteiger partial charge in [-0.1, -0.05) is 60.7 Å². The molecule has 0 aliphatic carbocycles. The van der Waals surface area contributed by atoms with E-state index < -0.39 is 41.1 Å². The van der Waals surface area contributed by atoms with E-state index in [4.69, 9.17) is 4.52 Å². The number of H-pyrrole nitrogens is 4. The molecule has 18 heteroatoms. The van der Waals surface area contributed by atoms with E-state index >= 15 is 0 Å². The van der Waals surface area contributed by atoms with Gasteiger partial charge in [-0.05, 0) is 133 Å². The van der Waals surface area contributed by atoms with Crippen molar-refractivity contribution in [3.63, 3.8) is 0 Å². The predicted octanol–water partition coefficient (Wildman–Crippen LogP) is 9.01. The Morgan fingerprint density at radius 3 is 1.26 bits per heavy atom. The maximum absolute atomic E-state index is 13.7. The van der Waals surface area contributed by atoms with Gasteiger partial charge in [0.15, 0.2) is 0 Å². The Labute approximate surface area is 413 Å². The summed E-state index contributed by atoms with van der Waals surface area (Å²) in [5.74, 6) is 0. The maximum Gasteiger partial charge on any atom is 0.437 e. The van der Waals surface area contributed by atoms with E-state index in [-0.39, 0.29) is 21.5 Å². The van der Waals surface area contributed by atoms with Crippen molar-refractivity contribution < 1.29 is 23.9 Å². The Bertz CT molecular complexity index is 3660. The fraction of sp³-hybridized carbons (Fsp3) is 0.167. The first-order valence-corrected chi connectivity index (χ1v) is 24.5. The van der Waals surface area contributed by atoms with Crippen LogP contribution < -0.4 is 41.8 Å². The van der Waals surface area contributed by atoms with Crippen molar-refractivity contribution in [3.05, 3.63) is 215 Å². The third-order valence-electron chi connectivity index (χ3n) is 12.5. The first kappa shape index (κ1) is 49.9. The molecule has 72 heavy (non-hydrogen) atoms. The van der Waals surface area contributed by atoms with E-state index in [0.717, 1.165) is 33.8 Å². The van der Waals surface area contributed by atoms with Crippen molar-refractivity contribution in [2.45, 2.75) is 19.4 Å². The van der Waals surface area contributed by atoms with Crippen LogP contribution in [0.4, 0.5) is 38.9 Å². The summed E-state index contributed by atoms with van der Waals surface area (Å²) < 4.78 is 19.8. The molecular formula is C54H53N8O9P. The second-order valence-corrected chi connectivity index (χ2v) is 18.9. The van der Waals surface area contributed by atoms with Crippen molar-refractivity contribution in [2.24, 2.45) is 0 Å². The molecule has 17 nitrogen and oxygen atoms in total. The number of nitrogens with one attached hydrogen (secondary N) is 4. The molecule has 2 aromatic heterocycles. The van der Waals surface area contributed by atoms with Gasteiger partial charge in [0, 0.05) is 75.4 Å². The number of nitrogens with zero attached hydrogens (tertiary/aromatic N) is 4. The number of carbonyl (C=O) groups is 1. The minimum atomic E-state index is -5.40. The maximum atomic E-state index is 13.7. The van der Waals surface area contributed by atoms with Gasteiger partial charge in [0.1, 0.15) is 5.60 Å². The van der Waals surface area contributed by atoms with Crippen LogP contribution in [0.1, 0.15) is 36.1 Å². The van der Waals surface area contributed by atoms with Crippen molar-refractivity contribution in [1.82, 2.24) is 20.4 Å². The van der Waals surface area contributed by atoms with Gasteiger partial charge in [0.05, 0.1) is 21.5 Å². The van der Waals surface area contributed by atoms with Crippen LogP contribution in [-0.4, -0.2) is 77.4 Å². The zero-order valence-electron chi connectivity index (χ0n) is 40.3. The molecule has 0 amide bonds. The van der Waals surface area contributed by atoms with Crippen LogP contribution >= 0.6 is 7.60 Å². The van der Waals surface area contributed by atoms with Gasteiger partial charge in [-0.3, -0.25) is 44.1 Å². The molecule has 8 aromatic rings. The van der Waals surface area contributed by atoms with E-state index in [1.807, 2.05) is 116 Å². The Morgan fingerprint density at radius 2 is 0.889 bits per heavy atom. The summed E-state index contributed by atoms with van der Waals surface area (Å²) in [6.07, 6.45) is 5.08. The molecule has 2 heterocycles. The Kier molecular flexibility index (Phi) is 14.2. The summed E-state index contributed by atoms with van der Waals surface area (Å²) in [5, 5.41) is 20.6. The van der Waals surface area contributed by atoms with Crippen molar-refractivity contribution in [2.75, 3.05) is 60.9 Å². The second-order valence-electron chi connectivity index (χ2n) is 17.3. The molecule has 0 aliphatic rings. The zero-order chi connectivity index (χ0) is 51.5. The number of allylic oxidation sites excluding steroid dienone is 2. The normalized spacial score (nSPS) is 13.5. The SMILES string of the molecule is CCN(c1ccc(/C(=C/C=C/C(OP(=O)(O)C(=O)O)(c2ccc(N(C)C)cc2)c2ccc(N(CC)c3ccc4c(=O)[nH][nH]c(=O)c4c3)cc2)c2ccc(N(C)C)cc2)cc1)c1ccc2c(=O)[nH][nH]c(=O)c2c1. The molecule has 0 fully saturated rings. The van der Waals surface area contributed by atoms with E-state index in [0.29, 0.717) is 41.3 Å². The quantitative estimate of drug-likeness (QED) is 0.0370. The zero-order valence-corrected chi connectivity index (χ0v) is 41.2. The molecule has 0 bridgehead atoms. The Morgan fingerprint density at radius 1 is 0.542 bits per heavy atom. The summed E-state index contributed by atoms with van der Waals surface area (Å²) in [6.45, 7) is 4.88. The summed E-state index contributed by atoms with van der Waals surface area (Å²) in [5.41, 5.74) is 1.91. The van der Waals surface area contributed by atoms with Crippen LogP contribution in [-0.2, 0) is 14.7 Å². The average Bonchev–Trinajstić information content (AvgIpc) is 3.38. The molecule has 0 spiro atoms. The molecular weight excluding hydrogens is 936 g/mol. The van der Waals surface area contributed by atoms with E-state index in [9.17, 15) is 38.5 Å². The number of aromatic nitrogens is 4. The minimum Gasteiger partial charge on any atom is -0.472 e. The molecule has 0 aliphatic heterocycles. The van der Waals surface area contributed by atoms with Crippen LogP contribution in [0.3, 0.4) is 0 Å². The highest BCUT2D eigenvalue weighted by Crippen LogP contribution is 2.53. The van der Waals surface area contributed by atoms with Crippen molar-refractivity contribution >= 4 is 74.5 Å². The second kappa shape index (κ2) is 20.5. The largest absolute Gasteiger partial charge is 0.472 e. The third-order valence-corrected chi connectivity index (χ3v) is 13.5. The molecule has 6 aromatic carbocycles. The first-order valence-electron chi connectivity index (χ1n) is 22.9. The lowest BCUT2D eigenvalue weighted by Crippen LogP contribution is -2.29. The molecule has 2 unspecified atom stereocenters. The highest BCUT2D eigenvalue weighted by molar-refractivity contribution is 7.70. The van der Waals surface area contributed by atoms with Gasteiger partial charge >= 0.3 is 13.3 Å². The highest BCUT2D eigenvalue weighted by atomic mass is 31.2. The van der Waals surface area contributed by atoms with Crippen LogP contribution in [0, 0.1) is 0 Å². The average molecular weight is 989 g/mol. The van der Waals surface area contributed by atoms with Gasteiger partial charge in [-0.2, -0.15) is 0 Å². The van der Waals surface area contributed by atoms with Gasteiger partial charge in [0.25, 0.3) is 22.2 Å². The van der Waals surface area contributed by atoms with Gasteiger partial charge in [0.2, 0.25) is 0 Å².